The maximum Gasteiger partial charge on any atom is 0.121 e. The summed E-state index contributed by atoms with van der Waals surface area (Å²) >= 11 is 12.8. The number of aromatic hydroxyl groups is 1. The van der Waals surface area contributed by atoms with Crippen LogP contribution in [0.4, 0.5) is 5.69 Å². The largest absolute Gasteiger partial charge is 0.508 e. The van der Waals surface area contributed by atoms with E-state index in [9.17, 15) is 5.11 Å². The van der Waals surface area contributed by atoms with Gasteiger partial charge in [0.15, 0.2) is 0 Å². The van der Waals surface area contributed by atoms with Crippen LogP contribution in [0.15, 0.2) is 60.7 Å². The van der Waals surface area contributed by atoms with Gasteiger partial charge in [-0.1, -0.05) is 65.7 Å². The van der Waals surface area contributed by atoms with Gasteiger partial charge in [0.05, 0.1) is 16.8 Å². The summed E-state index contributed by atoms with van der Waals surface area (Å²) in [5.41, 5.74) is 3.00. The first kappa shape index (κ1) is 16.0. The molecule has 3 unspecified atom stereocenters. The number of benzene rings is 3. The third-order valence-corrected chi connectivity index (χ3v) is 6.16. The summed E-state index contributed by atoms with van der Waals surface area (Å²) in [7, 11) is 0. The number of allylic oxidation sites excluding steroid dienone is 2. The molecule has 3 atom stereocenters. The average Bonchev–Trinajstić information content (AvgIpc) is 3.12. The van der Waals surface area contributed by atoms with Crippen molar-refractivity contribution in [1.82, 2.24) is 0 Å². The van der Waals surface area contributed by atoms with Crippen LogP contribution in [0.3, 0.4) is 0 Å². The standard InChI is InChI=1S/C22H17Cl2NO/c23-13-10-17-15-6-3-7-16(15)22(25-21(17)18(24)11-13)20-14-5-2-1-4-12(14)8-9-19(20)26/h1-6,8-11,15-16,22,25-26H,7H2. The van der Waals surface area contributed by atoms with Gasteiger partial charge in [-0.05, 0) is 46.9 Å². The van der Waals surface area contributed by atoms with Crippen molar-refractivity contribution in [3.63, 3.8) is 0 Å². The SMILES string of the molecule is Oc1ccc2ccccc2c1C1Nc2c(Cl)cc(Cl)cc2C2C=CCC21. The molecule has 0 radical (unpaired) electrons. The van der Waals surface area contributed by atoms with Crippen molar-refractivity contribution in [2.24, 2.45) is 5.92 Å². The summed E-state index contributed by atoms with van der Waals surface area (Å²) in [6.45, 7) is 0. The monoisotopic (exact) mass is 381 g/mol. The third kappa shape index (κ3) is 2.33. The number of phenols is 1. The lowest BCUT2D eigenvalue weighted by atomic mass is 9.76. The molecule has 0 spiro atoms. The van der Waals surface area contributed by atoms with Crippen LogP contribution in [-0.2, 0) is 0 Å². The number of fused-ring (bicyclic) bond motifs is 4. The van der Waals surface area contributed by atoms with Crippen molar-refractivity contribution < 1.29 is 5.11 Å². The minimum absolute atomic E-state index is 0.0210. The van der Waals surface area contributed by atoms with Crippen LogP contribution in [0.1, 0.15) is 29.5 Å². The normalized spacial score (nSPS) is 23.5. The number of rotatable bonds is 1. The topological polar surface area (TPSA) is 32.3 Å². The van der Waals surface area contributed by atoms with Crippen molar-refractivity contribution in [3.8, 4) is 5.75 Å². The Hall–Kier alpha value is -2.16. The second-order valence-corrected chi connectivity index (χ2v) is 7.89. The van der Waals surface area contributed by atoms with Crippen LogP contribution in [0, 0.1) is 5.92 Å². The van der Waals surface area contributed by atoms with E-state index in [2.05, 4.69) is 29.6 Å². The molecular formula is C22H17Cl2NO. The van der Waals surface area contributed by atoms with E-state index in [0.717, 1.165) is 34.0 Å². The Balaban J connectivity index is 1.73. The molecule has 3 aromatic carbocycles. The molecule has 0 fully saturated rings. The van der Waals surface area contributed by atoms with E-state index in [0.29, 0.717) is 21.7 Å². The summed E-state index contributed by atoms with van der Waals surface area (Å²) in [5, 5.41) is 17.8. The van der Waals surface area contributed by atoms with Crippen LogP contribution >= 0.6 is 23.2 Å². The van der Waals surface area contributed by atoms with Gasteiger partial charge in [-0.15, -0.1) is 0 Å². The summed E-state index contributed by atoms with van der Waals surface area (Å²) in [6, 6.07) is 15.7. The van der Waals surface area contributed by atoms with Crippen LogP contribution in [0.25, 0.3) is 10.8 Å². The number of anilines is 1. The summed E-state index contributed by atoms with van der Waals surface area (Å²) in [5.74, 6) is 0.875. The van der Waals surface area contributed by atoms with Crippen molar-refractivity contribution >= 4 is 39.7 Å². The van der Waals surface area contributed by atoms with Gasteiger partial charge in [-0.2, -0.15) is 0 Å². The lowest BCUT2D eigenvalue weighted by Crippen LogP contribution is -2.29. The Kier molecular flexibility index (Phi) is 3.66. The van der Waals surface area contributed by atoms with Gasteiger partial charge in [-0.25, -0.2) is 0 Å². The number of nitrogens with one attached hydrogen (secondary N) is 1. The molecule has 2 aliphatic rings. The Morgan fingerprint density at radius 2 is 1.88 bits per heavy atom. The van der Waals surface area contributed by atoms with Gasteiger partial charge in [0, 0.05) is 16.5 Å². The number of hydrogen-bond acceptors (Lipinski definition) is 2. The second kappa shape index (κ2) is 5.94. The van der Waals surface area contributed by atoms with E-state index in [4.69, 9.17) is 23.2 Å². The smallest absolute Gasteiger partial charge is 0.121 e. The number of hydrogen-bond donors (Lipinski definition) is 2. The van der Waals surface area contributed by atoms with Crippen LogP contribution in [-0.4, -0.2) is 5.11 Å². The lowest BCUT2D eigenvalue weighted by molar-refractivity contribution is 0.405. The van der Waals surface area contributed by atoms with Crippen LogP contribution in [0.2, 0.25) is 10.0 Å². The highest BCUT2D eigenvalue weighted by Gasteiger charge is 2.40. The molecule has 1 aliphatic carbocycles. The maximum atomic E-state index is 10.7. The van der Waals surface area contributed by atoms with Crippen LogP contribution < -0.4 is 5.32 Å². The lowest BCUT2D eigenvalue weighted by Gasteiger charge is -2.38. The Morgan fingerprint density at radius 1 is 1.04 bits per heavy atom. The molecule has 0 bridgehead atoms. The molecule has 2 N–H and O–H groups in total. The Labute approximate surface area is 162 Å². The molecule has 130 valence electrons. The first-order valence-corrected chi connectivity index (χ1v) is 9.52. The summed E-state index contributed by atoms with van der Waals surface area (Å²) in [6.07, 6.45) is 5.41. The quantitative estimate of drug-likeness (QED) is 0.460. The summed E-state index contributed by atoms with van der Waals surface area (Å²) in [4.78, 5) is 0. The molecule has 1 aliphatic heterocycles. The van der Waals surface area contributed by atoms with Crippen LogP contribution in [0.5, 0.6) is 5.75 Å². The second-order valence-electron chi connectivity index (χ2n) is 7.05. The predicted octanol–water partition coefficient (Wildman–Crippen LogP) is 6.68. The maximum absolute atomic E-state index is 10.7. The zero-order valence-electron chi connectivity index (χ0n) is 13.9. The van der Waals surface area contributed by atoms with Crippen molar-refractivity contribution in [3.05, 3.63) is 81.9 Å². The zero-order valence-corrected chi connectivity index (χ0v) is 15.4. The van der Waals surface area contributed by atoms with Crippen molar-refractivity contribution in [1.29, 1.82) is 0 Å². The van der Waals surface area contributed by atoms with E-state index in [-0.39, 0.29) is 12.0 Å². The van der Waals surface area contributed by atoms with Gasteiger partial charge in [-0.3, -0.25) is 0 Å². The molecule has 0 saturated carbocycles. The fourth-order valence-corrected chi connectivity index (χ4v) is 5.08. The zero-order chi connectivity index (χ0) is 17.8. The first-order chi connectivity index (χ1) is 12.6. The van der Waals surface area contributed by atoms with Gasteiger partial charge < -0.3 is 10.4 Å². The highest BCUT2D eigenvalue weighted by Crippen LogP contribution is 2.54. The van der Waals surface area contributed by atoms with E-state index < -0.39 is 0 Å². The molecule has 0 aromatic heterocycles. The molecule has 3 aromatic rings. The number of halogens is 2. The molecule has 2 nitrogen and oxygen atoms in total. The highest BCUT2D eigenvalue weighted by molar-refractivity contribution is 6.36. The van der Waals surface area contributed by atoms with E-state index in [1.165, 1.54) is 0 Å². The van der Waals surface area contributed by atoms with Gasteiger partial charge in [0.25, 0.3) is 0 Å². The Morgan fingerprint density at radius 3 is 2.77 bits per heavy atom. The molecule has 0 saturated heterocycles. The van der Waals surface area contributed by atoms with E-state index in [1.54, 1.807) is 12.1 Å². The van der Waals surface area contributed by atoms with E-state index >= 15 is 0 Å². The van der Waals surface area contributed by atoms with Crippen molar-refractivity contribution in [2.75, 3.05) is 5.32 Å². The van der Waals surface area contributed by atoms with E-state index in [1.807, 2.05) is 24.3 Å². The third-order valence-electron chi connectivity index (χ3n) is 5.64. The fraction of sp³-hybridized carbons (Fsp3) is 0.182. The molecule has 4 heteroatoms. The molecule has 5 rings (SSSR count). The van der Waals surface area contributed by atoms with Gasteiger partial charge >= 0.3 is 0 Å². The highest BCUT2D eigenvalue weighted by atomic mass is 35.5. The molecule has 1 heterocycles. The average molecular weight is 382 g/mol. The minimum atomic E-state index is -0.0210. The predicted molar refractivity (Wildman–Crippen MR) is 108 cm³/mol. The molecular weight excluding hydrogens is 365 g/mol. The Bertz CT molecular complexity index is 1060. The fourth-order valence-electron chi connectivity index (χ4n) is 4.52. The van der Waals surface area contributed by atoms with Gasteiger partial charge in [0.1, 0.15) is 5.75 Å². The molecule has 0 amide bonds. The number of phenolic OH excluding ortho intramolecular Hbond substituents is 1. The molecule has 26 heavy (non-hydrogen) atoms. The van der Waals surface area contributed by atoms with Gasteiger partial charge in [0.2, 0.25) is 0 Å². The van der Waals surface area contributed by atoms with Crippen molar-refractivity contribution in [2.45, 2.75) is 18.4 Å². The summed E-state index contributed by atoms with van der Waals surface area (Å²) < 4.78 is 0. The first-order valence-electron chi connectivity index (χ1n) is 8.76. The minimum Gasteiger partial charge on any atom is -0.508 e.